The lowest BCUT2D eigenvalue weighted by atomic mass is 9.90. The van der Waals surface area contributed by atoms with Gasteiger partial charge in [-0.1, -0.05) is 36.4 Å². The standard InChI is InChI=1S/C52H66N4O4/c1-33(2)53-19-21-55(31-53)47-27-43-23-39-15-13-17-41(49(39)57-35(5)6)25-45-29-48(56-22-20-54(32-56)34(3)4)30-46(52(45)60-38(11)12)26-42-18-14-16-40(50(42)58-36(7)8)24-44(28-47)51(43)59-37(9)10/h13-22,27-38H,23-26H2,1-12H3/q+2. The number of benzene rings is 4. The number of para-hydroxylation sites is 2. The topological polar surface area (TPSA) is 54.5 Å². The maximum absolute atomic E-state index is 6.88. The fraction of sp³-hybridized carbons (Fsp3) is 0.423. The normalized spacial score (nSPS) is 13.0. The number of fused-ring (bicyclic) bond motifs is 8. The minimum Gasteiger partial charge on any atom is -0.490 e. The predicted octanol–water partition coefficient (Wildman–Crippen LogP) is 10.8. The summed E-state index contributed by atoms with van der Waals surface area (Å²) >= 11 is 0. The molecule has 0 atom stereocenters. The summed E-state index contributed by atoms with van der Waals surface area (Å²) < 4.78 is 36.4. The third-order valence-electron chi connectivity index (χ3n) is 10.9. The quantitative estimate of drug-likeness (QED) is 0.115. The number of hydrogen-bond acceptors (Lipinski definition) is 4. The second-order valence-corrected chi connectivity index (χ2v) is 18.1. The van der Waals surface area contributed by atoms with Gasteiger partial charge in [0.25, 0.3) is 0 Å². The van der Waals surface area contributed by atoms with Crippen molar-refractivity contribution in [2.75, 3.05) is 0 Å². The van der Waals surface area contributed by atoms with Crippen molar-refractivity contribution >= 4 is 0 Å². The minimum absolute atomic E-state index is 0.0285. The van der Waals surface area contributed by atoms with Gasteiger partial charge in [0.2, 0.25) is 12.7 Å². The first kappa shape index (κ1) is 42.6. The SMILES string of the molecule is CC(C)Oc1c2cccc1Cc1cc(-n3cc[n+](C(C)C)c3)cc(c1OC(C)C)Cc1cccc(c1OC(C)C)Cc1cc(-n3cc[n+](C(C)C)c3)cc(c1OC(C)C)C2. The van der Waals surface area contributed by atoms with Crippen LogP contribution in [0.4, 0.5) is 0 Å². The van der Waals surface area contributed by atoms with E-state index in [1.807, 2.05) is 0 Å². The molecular weight excluding hydrogens is 745 g/mol. The molecule has 0 spiro atoms. The van der Waals surface area contributed by atoms with Gasteiger partial charge < -0.3 is 18.9 Å². The van der Waals surface area contributed by atoms with Gasteiger partial charge in [0.05, 0.1) is 36.5 Å². The van der Waals surface area contributed by atoms with Crippen molar-refractivity contribution in [3.05, 3.63) is 143 Å². The van der Waals surface area contributed by atoms with Crippen LogP contribution in [0.25, 0.3) is 11.4 Å². The van der Waals surface area contributed by atoms with E-state index in [1.54, 1.807) is 0 Å². The Morgan fingerprint density at radius 1 is 0.400 bits per heavy atom. The number of nitrogens with zero attached hydrogens (tertiary/aromatic N) is 4. The van der Waals surface area contributed by atoms with Crippen LogP contribution in [0.2, 0.25) is 0 Å². The average molecular weight is 811 g/mol. The van der Waals surface area contributed by atoms with Gasteiger partial charge in [0.15, 0.2) is 0 Å². The number of hydrogen-bond donors (Lipinski definition) is 0. The molecule has 4 aromatic carbocycles. The summed E-state index contributed by atoms with van der Waals surface area (Å²) in [5.41, 5.74) is 11.1. The summed E-state index contributed by atoms with van der Waals surface area (Å²) in [4.78, 5) is 0. The molecule has 0 aliphatic heterocycles. The van der Waals surface area contributed by atoms with Crippen molar-refractivity contribution in [2.24, 2.45) is 0 Å². The highest BCUT2D eigenvalue weighted by molar-refractivity contribution is 5.60. The Morgan fingerprint density at radius 3 is 0.900 bits per heavy atom. The molecule has 7 rings (SSSR count). The molecule has 2 aromatic heterocycles. The van der Waals surface area contributed by atoms with E-state index < -0.39 is 0 Å². The van der Waals surface area contributed by atoms with Crippen molar-refractivity contribution < 1.29 is 28.1 Å². The van der Waals surface area contributed by atoms with Crippen molar-refractivity contribution in [2.45, 2.75) is 145 Å². The maximum atomic E-state index is 6.88. The third-order valence-corrected chi connectivity index (χ3v) is 10.9. The Kier molecular flexibility index (Phi) is 12.8. The number of aromatic nitrogens is 4. The Bertz CT molecular complexity index is 2170. The van der Waals surface area contributed by atoms with Crippen molar-refractivity contribution in [3.63, 3.8) is 0 Å². The molecular formula is C52H66N4O4+2. The van der Waals surface area contributed by atoms with E-state index in [4.69, 9.17) is 18.9 Å². The lowest BCUT2D eigenvalue weighted by molar-refractivity contribution is -0.715. The summed E-state index contributed by atoms with van der Waals surface area (Å²) in [5, 5.41) is 0. The minimum atomic E-state index is -0.0296. The van der Waals surface area contributed by atoms with E-state index >= 15 is 0 Å². The van der Waals surface area contributed by atoms with E-state index in [1.165, 1.54) is 0 Å². The van der Waals surface area contributed by atoms with E-state index in [2.05, 4.69) is 199 Å². The van der Waals surface area contributed by atoms with Gasteiger partial charge in [-0.2, -0.15) is 0 Å². The molecule has 2 heterocycles. The highest BCUT2D eigenvalue weighted by atomic mass is 16.5. The summed E-state index contributed by atoms with van der Waals surface area (Å²) in [6.07, 6.45) is 15.3. The molecule has 8 bridgehead atoms. The van der Waals surface area contributed by atoms with E-state index in [9.17, 15) is 0 Å². The summed E-state index contributed by atoms with van der Waals surface area (Å²) in [5.74, 6) is 3.66. The van der Waals surface area contributed by atoms with Gasteiger partial charge >= 0.3 is 0 Å². The lowest BCUT2D eigenvalue weighted by Crippen LogP contribution is -2.33. The Labute approximate surface area is 358 Å². The molecule has 1 aliphatic carbocycles. The molecule has 8 nitrogen and oxygen atoms in total. The lowest BCUT2D eigenvalue weighted by Gasteiger charge is -2.25. The van der Waals surface area contributed by atoms with Crippen LogP contribution in [-0.2, 0) is 25.7 Å². The van der Waals surface area contributed by atoms with Crippen LogP contribution in [0.3, 0.4) is 0 Å². The molecule has 0 radical (unpaired) electrons. The first-order chi connectivity index (χ1) is 28.6. The van der Waals surface area contributed by atoms with Crippen LogP contribution in [-0.4, -0.2) is 33.6 Å². The van der Waals surface area contributed by atoms with Gasteiger partial charge in [-0.15, -0.1) is 0 Å². The number of ether oxygens (including phenoxy) is 4. The summed E-state index contributed by atoms with van der Waals surface area (Å²) in [6, 6.07) is 23.1. The first-order valence-corrected chi connectivity index (χ1v) is 22.0. The zero-order valence-electron chi connectivity index (χ0n) is 38.0. The van der Waals surface area contributed by atoms with Gasteiger partial charge in [0, 0.05) is 47.9 Å². The van der Waals surface area contributed by atoms with Crippen LogP contribution in [0.15, 0.2) is 98.1 Å². The molecule has 6 aromatic rings. The first-order valence-electron chi connectivity index (χ1n) is 22.0. The zero-order chi connectivity index (χ0) is 42.8. The van der Waals surface area contributed by atoms with Crippen LogP contribution >= 0.6 is 0 Å². The molecule has 0 amide bonds. The van der Waals surface area contributed by atoms with Gasteiger partial charge in [-0.3, -0.25) is 0 Å². The summed E-state index contributed by atoms with van der Waals surface area (Å²) in [7, 11) is 0. The Balaban J connectivity index is 1.54. The fourth-order valence-electron chi connectivity index (χ4n) is 8.15. The zero-order valence-corrected chi connectivity index (χ0v) is 38.0. The van der Waals surface area contributed by atoms with Crippen molar-refractivity contribution in [1.82, 2.24) is 9.13 Å². The smallest absolute Gasteiger partial charge is 0.249 e. The van der Waals surface area contributed by atoms with Gasteiger partial charge in [0.1, 0.15) is 59.2 Å². The molecule has 0 saturated heterocycles. The van der Waals surface area contributed by atoms with Gasteiger partial charge in [-0.25, -0.2) is 18.3 Å². The number of rotatable bonds is 12. The van der Waals surface area contributed by atoms with Crippen molar-refractivity contribution in [1.29, 1.82) is 0 Å². The largest absolute Gasteiger partial charge is 0.490 e. The Morgan fingerprint density at radius 2 is 0.667 bits per heavy atom. The van der Waals surface area contributed by atoms with Crippen molar-refractivity contribution in [3.8, 4) is 34.4 Å². The molecule has 1 aliphatic rings. The average Bonchev–Trinajstić information content (AvgIpc) is 3.87. The second-order valence-electron chi connectivity index (χ2n) is 18.1. The summed E-state index contributed by atoms with van der Waals surface area (Å²) in [6.45, 7) is 25.7. The highest BCUT2D eigenvalue weighted by Crippen LogP contribution is 2.41. The molecule has 8 heteroatoms. The van der Waals surface area contributed by atoms with E-state index in [-0.39, 0.29) is 24.4 Å². The molecule has 0 saturated carbocycles. The number of imidazole rings is 2. The molecule has 0 N–H and O–H groups in total. The Hall–Kier alpha value is -5.50. The third kappa shape index (κ3) is 9.59. The second kappa shape index (κ2) is 18.0. The van der Waals surface area contributed by atoms with E-state index in [0.717, 1.165) is 78.9 Å². The van der Waals surface area contributed by atoms with Crippen LogP contribution in [0.1, 0.15) is 140 Å². The highest BCUT2D eigenvalue weighted by Gasteiger charge is 2.26. The van der Waals surface area contributed by atoms with Crippen LogP contribution in [0.5, 0.6) is 23.0 Å². The molecule has 0 fully saturated rings. The predicted molar refractivity (Wildman–Crippen MR) is 240 cm³/mol. The molecule has 316 valence electrons. The fourth-order valence-corrected chi connectivity index (χ4v) is 8.15. The molecule has 0 unspecified atom stereocenters. The van der Waals surface area contributed by atoms with E-state index in [0.29, 0.717) is 37.8 Å². The van der Waals surface area contributed by atoms with Gasteiger partial charge in [-0.05, 0) is 130 Å². The maximum Gasteiger partial charge on any atom is 0.249 e. The van der Waals surface area contributed by atoms with Crippen LogP contribution < -0.4 is 28.1 Å². The van der Waals surface area contributed by atoms with Crippen LogP contribution in [0, 0.1) is 0 Å². The monoisotopic (exact) mass is 811 g/mol. The molecule has 60 heavy (non-hydrogen) atoms.